The van der Waals surface area contributed by atoms with E-state index in [1.807, 2.05) is 32.9 Å². The van der Waals surface area contributed by atoms with Gasteiger partial charge in [-0.1, -0.05) is 75.9 Å². The zero-order valence-corrected chi connectivity index (χ0v) is 22.7. The third kappa shape index (κ3) is 6.11. The summed E-state index contributed by atoms with van der Waals surface area (Å²) in [7, 11) is -8.84. The van der Waals surface area contributed by atoms with Gasteiger partial charge in [0.15, 0.2) is 6.61 Å². The first kappa shape index (κ1) is 28.6. The van der Waals surface area contributed by atoms with Crippen LogP contribution >= 0.6 is 10.3 Å². The first-order valence-corrected chi connectivity index (χ1v) is 14.4. The molecule has 0 aliphatic carbocycles. The standard InChI is InChI=1S/C28H30F2O5S2/c1-21(2)26(31)34-20-28(29,30)37(32,33)35-36(23-12-8-6-9-13-23,24-14-10-7-11-15-24)25-18-16-22(17-19-25)27(3,4)5/h6-19H,1,20H2,2-5H3. The second-order valence-corrected chi connectivity index (χ2v) is 14.0. The van der Waals surface area contributed by atoms with E-state index in [2.05, 4.69) is 11.3 Å². The highest BCUT2D eigenvalue weighted by molar-refractivity contribution is 8.33. The molecule has 3 aromatic carbocycles. The van der Waals surface area contributed by atoms with E-state index < -0.39 is 38.3 Å². The molecular weight excluding hydrogens is 518 g/mol. The lowest BCUT2D eigenvalue weighted by Gasteiger charge is -2.40. The van der Waals surface area contributed by atoms with Gasteiger partial charge in [0.25, 0.3) is 0 Å². The maximum atomic E-state index is 15.1. The van der Waals surface area contributed by atoms with Crippen molar-refractivity contribution in [3.63, 3.8) is 0 Å². The van der Waals surface area contributed by atoms with Crippen molar-refractivity contribution in [1.82, 2.24) is 0 Å². The number of rotatable bonds is 9. The summed E-state index contributed by atoms with van der Waals surface area (Å²) in [6, 6.07) is 23.9. The summed E-state index contributed by atoms with van der Waals surface area (Å²) in [5.74, 6) is -1.13. The van der Waals surface area contributed by atoms with Crippen molar-refractivity contribution in [3.05, 3.63) is 103 Å². The Balaban J connectivity index is 2.23. The maximum Gasteiger partial charge on any atom is 0.403 e. The predicted octanol–water partition coefficient (Wildman–Crippen LogP) is 7.24. The van der Waals surface area contributed by atoms with Crippen molar-refractivity contribution in [1.29, 1.82) is 0 Å². The minimum absolute atomic E-state index is 0.137. The summed E-state index contributed by atoms with van der Waals surface area (Å²) in [6.45, 7) is 8.99. The number of ether oxygens (including phenoxy) is 1. The number of carbonyl (C=O) groups excluding carboxylic acids is 1. The Bertz CT molecular complexity index is 1310. The van der Waals surface area contributed by atoms with Crippen molar-refractivity contribution < 1.29 is 30.4 Å². The summed E-state index contributed by atoms with van der Waals surface area (Å²) >= 11 is 0. The van der Waals surface area contributed by atoms with E-state index in [0.717, 1.165) is 5.56 Å². The van der Waals surface area contributed by atoms with Gasteiger partial charge in [-0.25, -0.2) is 8.42 Å². The number of carbonyl (C=O) groups is 1. The van der Waals surface area contributed by atoms with Crippen LogP contribution < -0.4 is 0 Å². The molecule has 0 radical (unpaired) electrons. The van der Waals surface area contributed by atoms with Crippen molar-refractivity contribution in [3.8, 4) is 0 Å². The molecule has 0 aliphatic rings. The normalized spacial score (nSPS) is 13.1. The third-order valence-electron chi connectivity index (χ3n) is 5.48. The van der Waals surface area contributed by atoms with Crippen LogP contribution in [0, 0.1) is 0 Å². The number of halogens is 2. The smallest absolute Gasteiger partial charge is 0.403 e. The van der Waals surface area contributed by atoms with Crippen LogP contribution in [0.4, 0.5) is 8.78 Å². The van der Waals surface area contributed by atoms with E-state index in [4.69, 9.17) is 3.63 Å². The van der Waals surface area contributed by atoms with Gasteiger partial charge in [0.1, 0.15) is 0 Å². The van der Waals surface area contributed by atoms with Gasteiger partial charge in [0, 0.05) is 20.3 Å². The van der Waals surface area contributed by atoms with E-state index in [-0.39, 0.29) is 11.0 Å². The fraction of sp³-hybridized carbons (Fsp3) is 0.250. The van der Waals surface area contributed by atoms with Gasteiger partial charge < -0.3 is 4.74 Å². The molecule has 37 heavy (non-hydrogen) atoms. The molecule has 0 heterocycles. The third-order valence-corrected chi connectivity index (χ3v) is 10.7. The molecule has 0 saturated heterocycles. The van der Waals surface area contributed by atoms with Gasteiger partial charge in [-0.05, 0) is 64.6 Å². The topological polar surface area (TPSA) is 69.7 Å². The van der Waals surface area contributed by atoms with E-state index in [1.54, 1.807) is 72.8 Å². The summed E-state index contributed by atoms with van der Waals surface area (Å²) in [6.07, 6.45) is 0. The van der Waals surface area contributed by atoms with Crippen LogP contribution in [-0.4, -0.2) is 26.2 Å². The number of esters is 1. The summed E-state index contributed by atoms with van der Waals surface area (Å²) < 4.78 is 66.9. The Morgan fingerprint density at radius 1 is 0.811 bits per heavy atom. The molecule has 0 atom stereocenters. The van der Waals surface area contributed by atoms with E-state index in [1.165, 1.54) is 6.92 Å². The van der Waals surface area contributed by atoms with Crippen LogP contribution in [0.3, 0.4) is 0 Å². The molecule has 0 aliphatic heterocycles. The molecule has 198 valence electrons. The monoisotopic (exact) mass is 548 g/mol. The first-order chi connectivity index (χ1) is 17.2. The summed E-state index contributed by atoms with van der Waals surface area (Å²) in [5, 5.41) is -4.52. The zero-order valence-electron chi connectivity index (χ0n) is 21.1. The Morgan fingerprint density at radius 3 is 1.65 bits per heavy atom. The highest BCUT2D eigenvalue weighted by Crippen LogP contribution is 2.70. The molecule has 3 rings (SSSR count). The van der Waals surface area contributed by atoms with Gasteiger partial charge in [0.05, 0.1) is 0 Å². The number of hydrogen-bond acceptors (Lipinski definition) is 5. The molecule has 0 N–H and O–H groups in total. The van der Waals surface area contributed by atoms with Gasteiger partial charge in [0.2, 0.25) is 0 Å². The number of hydrogen-bond donors (Lipinski definition) is 0. The lowest BCUT2D eigenvalue weighted by atomic mass is 9.87. The molecular formula is C28H30F2O5S2. The molecule has 0 aromatic heterocycles. The molecule has 9 heteroatoms. The molecule has 0 bridgehead atoms. The van der Waals surface area contributed by atoms with E-state index in [9.17, 15) is 13.2 Å². The lowest BCUT2D eigenvalue weighted by Crippen LogP contribution is -2.37. The fourth-order valence-corrected chi connectivity index (χ4v) is 8.46. The van der Waals surface area contributed by atoms with Crippen molar-refractivity contribution in [2.24, 2.45) is 0 Å². The molecule has 0 unspecified atom stereocenters. The molecule has 0 saturated carbocycles. The second kappa shape index (κ2) is 10.8. The van der Waals surface area contributed by atoms with Gasteiger partial charge in [-0.3, -0.25) is 0 Å². The number of alkyl halides is 2. The number of benzene rings is 3. The Kier molecular flexibility index (Phi) is 8.31. The minimum Gasteiger partial charge on any atom is -0.455 e. The second-order valence-electron chi connectivity index (χ2n) is 9.47. The molecule has 0 spiro atoms. The Morgan fingerprint density at radius 2 is 1.24 bits per heavy atom. The Labute approximate surface area is 218 Å². The van der Waals surface area contributed by atoms with Gasteiger partial charge in [-0.2, -0.15) is 17.2 Å². The van der Waals surface area contributed by atoms with E-state index >= 15 is 8.78 Å². The van der Waals surface area contributed by atoms with Crippen molar-refractivity contribution >= 4 is 26.4 Å². The predicted molar refractivity (Wildman–Crippen MR) is 141 cm³/mol. The summed E-state index contributed by atoms with van der Waals surface area (Å²) in [4.78, 5) is 12.9. The Hall–Kier alpha value is -3.01. The fourth-order valence-electron chi connectivity index (χ4n) is 3.43. The summed E-state index contributed by atoms with van der Waals surface area (Å²) in [5.41, 5.74) is 0.649. The highest BCUT2D eigenvalue weighted by atomic mass is 32.3. The SMILES string of the molecule is C=C(C)C(=O)OCC(F)(F)S(=O)(=O)OS(c1ccccc1)(c1ccccc1)c1ccc(C(C)(C)C)cc1. The average Bonchev–Trinajstić information content (AvgIpc) is 2.86. The zero-order chi connectivity index (χ0) is 27.5. The largest absolute Gasteiger partial charge is 0.455 e. The minimum atomic E-state index is -5.62. The molecule has 0 fully saturated rings. The molecule has 0 amide bonds. The van der Waals surface area contributed by atoms with Crippen LogP contribution in [0.15, 0.2) is 112 Å². The van der Waals surface area contributed by atoms with Gasteiger partial charge >= 0.3 is 21.3 Å². The highest BCUT2D eigenvalue weighted by Gasteiger charge is 2.52. The average molecular weight is 549 g/mol. The van der Waals surface area contributed by atoms with Crippen LogP contribution in [0.5, 0.6) is 0 Å². The molecule has 3 aromatic rings. The van der Waals surface area contributed by atoms with Crippen molar-refractivity contribution in [2.45, 2.75) is 53.1 Å². The van der Waals surface area contributed by atoms with E-state index in [0.29, 0.717) is 14.7 Å². The van der Waals surface area contributed by atoms with Gasteiger partial charge in [-0.15, -0.1) is 0 Å². The first-order valence-electron chi connectivity index (χ1n) is 11.4. The van der Waals surface area contributed by atoms with Crippen LogP contribution in [0.1, 0.15) is 33.3 Å². The quantitative estimate of drug-likeness (QED) is 0.208. The van der Waals surface area contributed by atoms with Crippen LogP contribution in [0.2, 0.25) is 0 Å². The maximum absolute atomic E-state index is 15.1. The van der Waals surface area contributed by atoms with Crippen LogP contribution in [0.25, 0.3) is 0 Å². The van der Waals surface area contributed by atoms with Crippen LogP contribution in [-0.2, 0) is 28.7 Å². The lowest BCUT2D eigenvalue weighted by molar-refractivity contribution is -0.144. The van der Waals surface area contributed by atoms with Crippen molar-refractivity contribution in [2.75, 3.05) is 6.61 Å². The molecule has 5 nitrogen and oxygen atoms in total.